The van der Waals surface area contributed by atoms with Gasteiger partial charge in [-0.05, 0) is 19.1 Å². The van der Waals surface area contributed by atoms with Crippen molar-refractivity contribution in [3.63, 3.8) is 0 Å². The Kier molecular flexibility index (Phi) is 6.17. The van der Waals surface area contributed by atoms with Crippen LogP contribution in [-0.4, -0.2) is 51.3 Å². The van der Waals surface area contributed by atoms with Crippen molar-refractivity contribution >= 4 is 17.4 Å². The monoisotopic (exact) mass is 306 g/mol. The summed E-state index contributed by atoms with van der Waals surface area (Å²) >= 11 is 0. The number of hydrazone groups is 1. The zero-order valence-corrected chi connectivity index (χ0v) is 12.9. The van der Waals surface area contributed by atoms with Gasteiger partial charge in [0, 0.05) is 24.9 Å². The Hall–Kier alpha value is -2.12. The lowest BCUT2D eigenvalue weighted by molar-refractivity contribution is 0.0759. The van der Waals surface area contributed by atoms with E-state index in [1.54, 1.807) is 7.11 Å². The number of ether oxygens (including phenoxy) is 2. The van der Waals surface area contributed by atoms with Gasteiger partial charge in [-0.1, -0.05) is 12.1 Å². The number of carbonyl (C=O) groups is 1. The average molecular weight is 306 g/mol. The minimum atomic E-state index is -0.275. The van der Waals surface area contributed by atoms with E-state index >= 15 is 0 Å². The molecule has 0 aromatic heterocycles. The molecule has 1 aromatic carbocycles. The lowest BCUT2D eigenvalue weighted by atomic mass is 10.0. The van der Waals surface area contributed by atoms with Crippen molar-refractivity contribution in [2.24, 2.45) is 5.10 Å². The highest BCUT2D eigenvalue weighted by Crippen LogP contribution is 2.12. The summed E-state index contributed by atoms with van der Waals surface area (Å²) in [5.74, 6) is 0. The van der Waals surface area contributed by atoms with Crippen molar-refractivity contribution in [3.05, 3.63) is 29.8 Å². The first-order valence-electron chi connectivity index (χ1n) is 7.26. The number of urea groups is 1. The van der Waals surface area contributed by atoms with E-state index in [-0.39, 0.29) is 12.1 Å². The van der Waals surface area contributed by atoms with Crippen LogP contribution in [0.15, 0.2) is 29.4 Å². The Morgan fingerprint density at radius 2 is 2.00 bits per heavy atom. The molecule has 1 aliphatic rings. The number of nitrogens with zero attached hydrogens (tertiary/aromatic N) is 1. The second kappa shape index (κ2) is 8.35. The molecule has 1 atom stereocenters. The van der Waals surface area contributed by atoms with Gasteiger partial charge in [-0.2, -0.15) is 5.10 Å². The smallest absolute Gasteiger partial charge is 0.335 e. The molecule has 1 unspecified atom stereocenters. The highest BCUT2D eigenvalue weighted by molar-refractivity contribution is 6.07. The average Bonchev–Trinajstić information content (AvgIpc) is 2.52. The lowest BCUT2D eigenvalue weighted by Crippen LogP contribution is -2.48. The number of carbonyl (C=O) groups excluding carboxylic acids is 1. The summed E-state index contributed by atoms with van der Waals surface area (Å²) in [6.45, 7) is 4.48. The van der Waals surface area contributed by atoms with E-state index in [0.717, 1.165) is 23.5 Å². The fourth-order valence-corrected chi connectivity index (χ4v) is 2.09. The SMILES string of the molecule is COCCOCCNc1ccc(C2=NNC(=O)NC2C)cc1. The van der Waals surface area contributed by atoms with E-state index in [1.165, 1.54) is 0 Å². The minimum absolute atomic E-state index is 0.109. The van der Waals surface area contributed by atoms with Crippen LogP contribution in [0.3, 0.4) is 0 Å². The van der Waals surface area contributed by atoms with Crippen LogP contribution in [0.1, 0.15) is 12.5 Å². The zero-order chi connectivity index (χ0) is 15.8. The Labute approximate surface area is 130 Å². The van der Waals surface area contributed by atoms with Gasteiger partial charge in [0.1, 0.15) is 0 Å². The van der Waals surface area contributed by atoms with Crippen molar-refractivity contribution in [2.75, 3.05) is 38.8 Å². The number of nitrogens with one attached hydrogen (secondary N) is 3. The largest absolute Gasteiger partial charge is 0.383 e. The first kappa shape index (κ1) is 16.3. The van der Waals surface area contributed by atoms with E-state index in [2.05, 4.69) is 21.2 Å². The highest BCUT2D eigenvalue weighted by Gasteiger charge is 2.19. The molecule has 7 heteroatoms. The topological polar surface area (TPSA) is 84.0 Å². The summed E-state index contributed by atoms with van der Waals surface area (Å²) in [7, 11) is 1.65. The second-order valence-electron chi connectivity index (χ2n) is 4.91. The standard InChI is InChI=1S/C15H22N4O3/c1-11-14(18-19-15(20)17-11)12-3-5-13(6-4-12)16-7-8-22-10-9-21-2/h3-6,11,16H,7-10H2,1-2H3,(H2,17,19,20). The molecule has 2 rings (SSSR count). The molecule has 0 saturated carbocycles. The summed E-state index contributed by atoms with van der Waals surface area (Å²) in [6.07, 6.45) is 0. The van der Waals surface area contributed by atoms with Crippen molar-refractivity contribution in [1.29, 1.82) is 0 Å². The molecule has 1 aromatic rings. The first-order chi connectivity index (χ1) is 10.7. The van der Waals surface area contributed by atoms with Gasteiger partial charge < -0.3 is 20.1 Å². The number of rotatable bonds is 8. The highest BCUT2D eigenvalue weighted by atomic mass is 16.5. The molecular formula is C15H22N4O3. The number of benzene rings is 1. The molecule has 2 amide bonds. The Morgan fingerprint density at radius 3 is 2.68 bits per heavy atom. The number of amides is 2. The van der Waals surface area contributed by atoms with Crippen molar-refractivity contribution in [1.82, 2.24) is 10.7 Å². The van der Waals surface area contributed by atoms with Crippen LogP contribution in [0, 0.1) is 0 Å². The van der Waals surface area contributed by atoms with Gasteiger partial charge in [0.2, 0.25) is 0 Å². The lowest BCUT2D eigenvalue weighted by Gasteiger charge is -2.21. The minimum Gasteiger partial charge on any atom is -0.383 e. The molecule has 1 heterocycles. The summed E-state index contributed by atoms with van der Waals surface area (Å²) in [4.78, 5) is 11.2. The van der Waals surface area contributed by atoms with Crippen LogP contribution in [-0.2, 0) is 9.47 Å². The second-order valence-corrected chi connectivity index (χ2v) is 4.91. The molecule has 0 bridgehead atoms. The van der Waals surface area contributed by atoms with Gasteiger partial charge in [-0.3, -0.25) is 0 Å². The van der Waals surface area contributed by atoms with Crippen LogP contribution in [0.4, 0.5) is 10.5 Å². The zero-order valence-electron chi connectivity index (χ0n) is 12.9. The molecule has 0 radical (unpaired) electrons. The quantitative estimate of drug-likeness (QED) is 0.629. The first-order valence-corrected chi connectivity index (χ1v) is 7.26. The summed E-state index contributed by atoms with van der Waals surface area (Å²) in [6, 6.07) is 7.53. The third-order valence-electron chi connectivity index (χ3n) is 3.22. The fraction of sp³-hybridized carbons (Fsp3) is 0.467. The van der Waals surface area contributed by atoms with Gasteiger partial charge in [0.25, 0.3) is 0 Å². The van der Waals surface area contributed by atoms with Crippen LogP contribution in [0.25, 0.3) is 0 Å². The number of methoxy groups -OCH3 is 1. The summed E-state index contributed by atoms with van der Waals surface area (Å²) < 4.78 is 10.3. The van der Waals surface area contributed by atoms with Gasteiger partial charge in [-0.25, -0.2) is 10.2 Å². The van der Waals surface area contributed by atoms with Crippen molar-refractivity contribution in [2.45, 2.75) is 13.0 Å². The van der Waals surface area contributed by atoms with Crippen LogP contribution < -0.4 is 16.1 Å². The molecule has 0 aliphatic carbocycles. The van der Waals surface area contributed by atoms with Gasteiger partial charge in [0.15, 0.2) is 0 Å². The van der Waals surface area contributed by atoms with Crippen molar-refractivity contribution < 1.29 is 14.3 Å². The number of hydrogen-bond donors (Lipinski definition) is 3. The molecule has 0 saturated heterocycles. The number of anilines is 1. The molecule has 3 N–H and O–H groups in total. The van der Waals surface area contributed by atoms with E-state index in [9.17, 15) is 4.79 Å². The maximum atomic E-state index is 11.2. The van der Waals surface area contributed by atoms with Gasteiger partial charge >= 0.3 is 6.03 Å². The summed E-state index contributed by atoms with van der Waals surface area (Å²) in [5, 5.41) is 10.2. The molecule has 22 heavy (non-hydrogen) atoms. The normalized spacial score (nSPS) is 17.5. The molecule has 120 valence electrons. The van der Waals surface area contributed by atoms with Gasteiger partial charge in [0.05, 0.1) is 31.6 Å². The number of hydrogen-bond acceptors (Lipinski definition) is 5. The Bertz CT molecular complexity index is 516. The third-order valence-corrected chi connectivity index (χ3v) is 3.22. The fourth-order valence-electron chi connectivity index (χ4n) is 2.09. The maximum Gasteiger partial charge on any atom is 0.335 e. The maximum absolute atomic E-state index is 11.2. The van der Waals surface area contributed by atoms with Crippen molar-refractivity contribution in [3.8, 4) is 0 Å². The molecule has 7 nitrogen and oxygen atoms in total. The Balaban J connectivity index is 1.82. The molecular weight excluding hydrogens is 284 g/mol. The third kappa shape index (κ3) is 4.71. The summed E-state index contributed by atoms with van der Waals surface area (Å²) in [5.41, 5.74) is 5.23. The van der Waals surface area contributed by atoms with E-state index in [0.29, 0.717) is 19.8 Å². The molecule has 0 fully saturated rings. The van der Waals surface area contributed by atoms with Crippen LogP contribution in [0.2, 0.25) is 0 Å². The molecule has 0 spiro atoms. The molecule has 1 aliphatic heterocycles. The van der Waals surface area contributed by atoms with E-state index in [1.807, 2.05) is 31.2 Å². The Morgan fingerprint density at radius 1 is 1.23 bits per heavy atom. The van der Waals surface area contributed by atoms with E-state index in [4.69, 9.17) is 9.47 Å². The van der Waals surface area contributed by atoms with Gasteiger partial charge in [-0.15, -0.1) is 0 Å². The van der Waals surface area contributed by atoms with Crippen LogP contribution in [0.5, 0.6) is 0 Å². The van der Waals surface area contributed by atoms with Crippen LogP contribution >= 0.6 is 0 Å². The van der Waals surface area contributed by atoms with E-state index < -0.39 is 0 Å². The predicted molar refractivity (Wildman–Crippen MR) is 85.3 cm³/mol. The predicted octanol–water partition coefficient (Wildman–Crippen LogP) is 1.17.